The van der Waals surface area contributed by atoms with Gasteiger partial charge in [-0.3, -0.25) is 0 Å². The minimum absolute atomic E-state index is 0.959. The molecule has 0 amide bonds. The van der Waals surface area contributed by atoms with Crippen molar-refractivity contribution in [1.82, 2.24) is 5.32 Å². The highest BCUT2D eigenvalue weighted by Gasteiger charge is 2.13. The molecule has 2 nitrogen and oxygen atoms in total. The number of allylic oxidation sites excluding steroid dienone is 1. The Balaban J connectivity index is 2.26. The SMILES string of the molecule is C=CCc1cc(C)ccc1N1CCNCC1. The molecule has 0 radical (unpaired) electrons. The molecule has 1 N–H and O–H groups in total. The van der Waals surface area contributed by atoms with Gasteiger partial charge in [-0.1, -0.05) is 23.8 Å². The fourth-order valence-corrected chi connectivity index (χ4v) is 2.25. The second-order valence-electron chi connectivity index (χ2n) is 4.36. The van der Waals surface area contributed by atoms with Gasteiger partial charge in [-0.25, -0.2) is 0 Å². The molecule has 1 aliphatic rings. The van der Waals surface area contributed by atoms with Crippen LogP contribution in [0, 0.1) is 6.92 Å². The van der Waals surface area contributed by atoms with E-state index in [-0.39, 0.29) is 0 Å². The van der Waals surface area contributed by atoms with Crippen molar-refractivity contribution in [3.05, 3.63) is 42.0 Å². The number of benzene rings is 1. The number of hydrogen-bond donors (Lipinski definition) is 1. The number of nitrogens with zero attached hydrogens (tertiary/aromatic N) is 1. The Hall–Kier alpha value is -1.28. The van der Waals surface area contributed by atoms with Gasteiger partial charge in [0, 0.05) is 31.9 Å². The monoisotopic (exact) mass is 216 g/mol. The van der Waals surface area contributed by atoms with Crippen LogP contribution in [0.25, 0.3) is 0 Å². The van der Waals surface area contributed by atoms with E-state index in [9.17, 15) is 0 Å². The summed E-state index contributed by atoms with van der Waals surface area (Å²) >= 11 is 0. The highest BCUT2D eigenvalue weighted by molar-refractivity contribution is 5.56. The van der Waals surface area contributed by atoms with Gasteiger partial charge in [-0.2, -0.15) is 0 Å². The minimum Gasteiger partial charge on any atom is -0.369 e. The van der Waals surface area contributed by atoms with Gasteiger partial charge in [0.1, 0.15) is 0 Å². The summed E-state index contributed by atoms with van der Waals surface area (Å²) in [7, 11) is 0. The van der Waals surface area contributed by atoms with Crippen LogP contribution in [0.1, 0.15) is 11.1 Å². The average Bonchev–Trinajstić information content (AvgIpc) is 2.31. The van der Waals surface area contributed by atoms with E-state index in [1.165, 1.54) is 16.8 Å². The van der Waals surface area contributed by atoms with Crippen LogP contribution in [-0.2, 0) is 6.42 Å². The number of nitrogens with one attached hydrogen (secondary N) is 1. The molecule has 1 aliphatic heterocycles. The summed E-state index contributed by atoms with van der Waals surface area (Å²) in [6, 6.07) is 6.72. The van der Waals surface area contributed by atoms with Gasteiger partial charge >= 0.3 is 0 Å². The number of rotatable bonds is 3. The van der Waals surface area contributed by atoms with Crippen molar-refractivity contribution in [1.29, 1.82) is 0 Å². The lowest BCUT2D eigenvalue weighted by atomic mass is 10.0. The molecule has 0 atom stereocenters. The maximum Gasteiger partial charge on any atom is 0.0403 e. The highest BCUT2D eigenvalue weighted by atomic mass is 15.2. The summed E-state index contributed by atoms with van der Waals surface area (Å²) in [6.07, 6.45) is 2.95. The van der Waals surface area contributed by atoms with Gasteiger partial charge in [0.15, 0.2) is 0 Å². The van der Waals surface area contributed by atoms with Crippen molar-refractivity contribution in [2.75, 3.05) is 31.1 Å². The van der Waals surface area contributed by atoms with E-state index in [1.54, 1.807) is 0 Å². The smallest absolute Gasteiger partial charge is 0.0403 e. The first kappa shape index (κ1) is 11.2. The summed E-state index contributed by atoms with van der Waals surface area (Å²) < 4.78 is 0. The molecule has 16 heavy (non-hydrogen) atoms. The number of anilines is 1. The van der Waals surface area contributed by atoms with Gasteiger partial charge in [0.25, 0.3) is 0 Å². The molecule has 0 aromatic heterocycles. The fourth-order valence-electron chi connectivity index (χ4n) is 2.25. The standard InChI is InChI=1S/C14H20N2/c1-3-4-13-11-12(2)5-6-14(13)16-9-7-15-8-10-16/h3,5-6,11,15H,1,4,7-10H2,2H3. The number of aryl methyl sites for hydroxylation is 1. The molecule has 0 saturated carbocycles. The third-order valence-electron chi connectivity index (χ3n) is 3.06. The van der Waals surface area contributed by atoms with Crippen LogP contribution in [0.5, 0.6) is 0 Å². The topological polar surface area (TPSA) is 15.3 Å². The lowest BCUT2D eigenvalue weighted by Crippen LogP contribution is -2.43. The number of piperazine rings is 1. The molecule has 1 heterocycles. The minimum atomic E-state index is 0.959. The fraction of sp³-hybridized carbons (Fsp3) is 0.429. The summed E-state index contributed by atoms with van der Waals surface area (Å²) in [5, 5.41) is 3.39. The molecule has 1 aromatic carbocycles. The first-order valence-corrected chi connectivity index (χ1v) is 5.97. The van der Waals surface area contributed by atoms with Gasteiger partial charge in [0.05, 0.1) is 0 Å². The maximum atomic E-state index is 3.84. The van der Waals surface area contributed by atoms with Gasteiger partial charge in [0.2, 0.25) is 0 Å². The zero-order valence-corrected chi connectivity index (χ0v) is 10.00. The summed E-state index contributed by atoms with van der Waals surface area (Å²) in [4.78, 5) is 2.47. The lowest BCUT2D eigenvalue weighted by molar-refractivity contribution is 0.588. The molecule has 1 fully saturated rings. The van der Waals surface area contributed by atoms with Crippen LogP contribution < -0.4 is 10.2 Å². The van der Waals surface area contributed by atoms with E-state index in [0.717, 1.165) is 32.6 Å². The molecule has 0 aliphatic carbocycles. The van der Waals surface area contributed by atoms with E-state index in [2.05, 4.69) is 41.9 Å². The van der Waals surface area contributed by atoms with E-state index in [4.69, 9.17) is 0 Å². The molecular weight excluding hydrogens is 196 g/mol. The molecule has 86 valence electrons. The van der Waals surface area contributed by atoms with E-state index < -0.39 is 0 Å². The van der Waals surface area contributed by atoms with Crippen molar-refractivity contribution in [2.24, 2.45) is 0 Å². The zero-order chi connectivity index (χ0) is 11.4. The van der Waals surface area contributed by atoms with E-state index in [0.29, 0.717) is 0 Å². The molecule has 0 spiro atoms. The quantitative estimate of drug-likeness (QED) is 0.779. The van der Waals surface area contributed by atoms with Crippen LogP contribution >= 0.6 is 0 Å². The largest absolute Gasteiger partial charge is 0.369 e. The number of hydrogen-bond acceptors (Lipinski definition) is 2. The van der Waals surface area contributed by atoms with Crippen molar-refractivity contribution in [2.45, 2.75) is 13.3 Å². The molecule has 1 aromatic rings. The van der Waals surface area contributed by atoms with Crippen LogP contribution in [0.3, 0.4) is 0 Å². The molecular formula is C14H20N2. The molecule has 1 saturated heterocycles. The van der Waals surface area contributed by atoms with Gasteiger partial charge in [-0.15, -0.1) is 6.58 Å². The van der Waals surface area contributed by atoms with Crippen molar-refractivity contribution < 1.29 is 0 Å². The van der Waals surface area contributed by atoms with Crippen LogP contribution in [0.2, 0.25) is 0 Å². The van der Waals surface area contributed by atoms with Crippen molar-refractivity contribution >= 4 is 5.69 Å². The first-order chi connectivity index (χ1) is 7.81. The summed E-state index contributed by atoms with van der Waals surface area (Å²) in [6.45, 7) is 10.4. The van der Waals surface area contributed by atoms with Crippen molar-refractivity contribution in [3.63, 3.8) is 0 Å². The Morgan fingerprint density at radius 3 is 2.81 bits per heavy atom. The van der Waals surface area contributed by atoms with Crippen LogP contribution in [-0.4, -0.2) is 26.2 Å². The molecule has 2 rings (SSSR count). The summed E-state index contributed by atoms with van der Waals surface area (Å²) in [5.74, 6) is 0. The third kappa shape index (κ3) is 2.45. The zero-order valence-electron chi connectivity index (χ0n) is 10.00. The molecule has 0 unspecified atom stereocenters. The van der Waals surface area contributed by atoms with E-state index in [1.807, 2.05) is 6.08 Å². The van der Waals surface area contributed by atoms with E-state index >= 15 is 0 Å². The first-order valence-electron chi connectivity index (χ1n) is 5.97. The predicted octanol–water partition coefficient (Wildman–Crippen LogP) is 2.13. The Morgan fingerprint density at radius 2 is 2.12 bits per heavy atom. The van der Waals surface area contributed by atoms with Crippen molar-refractivity contribution in [3.8, 4) is 0 Å². The maximum absolute atomic E-state index is 3.84. The Kier molecular flexibility index (Phi) is 3.62. The highest BCUT2D eigenvalue weighted by Crippen LogP contribution is 2.23. The Bertz CT molecular complexity index is 365. The molecule has 0 bridgehead atoms. The second kappa shape index (κ2) is 5.17. The Morgan fingerprint density at radius 1 is 1.38 bits per heavy atom. The summed E-state index contributed by atoms with van der Waals surface area (Å²) in [5.41, 5.74) is 4.11. The molecule has 2 heteroatoms. The van der Waals surface area contributed by atoms with Gasteiger partial charge < -0.3 is 10.2 Å². The van der Waals surface area contributed by atoms with Gasteiger partial charge in [-0.05, 0) is 25.0 Å². The normalized spacial score (nSPS) is 16.2. The Labute approximate surface area is 98.0 Å². The third-order valence-corrected chi connectivity index (χ3v) is 3.06. The lowest BCUT2D eigenvalue weighted by Gasteiger charge is -2.31. The second-order valence-corrected chi connectivity index (χ2v) is 4.36. The van der Waals surface area contributed by atoms with Crippen LogP contribution in [0.15, 0.2) is 30.9 Å². The average molecular weight is 216 g/mol. The van der Waals surface area contributed by atoms with Crippen LogP contribution in [0.4, 0.5) is 5.69 Å². The predicted molar refractivity (Wildman–Crippen MR) is 70.2 cm³/mol.